The number of aliphatic hydroxyl groups excluding tert-OH is 8. The van der Waals surface area contributed by atoms with Crippen molar-refractivity contribution < 1.29 is 74.1 Å². The van der Waals surface area contributed by atoms with Crippen LogP contribution in [0.3, 0.4) is 0 Å². The number of amides is 2. The number of carbonyl (C=O) groups excluding carboxylic acids is 2. The summed E-state index contributed by atoms with van der Waals surface area (Å²) >= 11 is 0. The molecule has 3 aliphatic rings. The SMILES string of the molecule is CC(=O)N[C@H]1[C@@H](O[C@H]2[C@H](O)[C@@H](NC(C)=O)CO[C@@H]2CO)O[C@H](CO)[C@@H](O[C@H]2O[C@H](CO)[C@@H](O)[C@H](O)[C@@H]2O)[C@@H]1O. The predicted octanol–water partition coefficient (Wildman–Crippen LogP) is -6.60. The van der Waals surface area contributed by atoms with Gasteiger partial charge in [-0.25, -0.2) is 0 Å². The summed E-state index contributed by atoms with van der Waals surface area (Å²) in [5, 5.41) is 86.5. The van der Waals surface area contributed by atoms with Gasteiger partial charge in [0.1, 0.15) is 67.1 Å². The molecule has 0 aromatic heterocycles. The predicted molar refractivity (Wildman–Crippen MR) is 123 cm³/mol. The van der Waals surface area contributed by atoms with Crippen LogP contribution in [-0.4, -0.2) is 165 Å². The highest BCUT2D eigenvalue weighted by atomic mass is 16.7. The molecule has 3 saturated heterocycles. The van der Waals surface area contributed by atoms with Crippen LogP contribution >= 0.6 is 0 Å². The van der Waals surface area contributed by atoms with E-state index in [1.807, 2.05) is 0 Å². The van der Waals surface area contributed by atoms with Gasteiger partial charge < -0.3 is 75.2 Å². The monoisotopic (exact) mass is 570 g/mol. The molecular formula is C22H38N2O15. The average molecular weight is 571 g/mol. The van der Waals surface area contributed by atoms with E-state index in [0.29, 0.717) is 0 Å². The van der Waals surface area contributed by atoms with Crippen molar-refractivity contribution in [3.8, 4) is 0 Å². The second kappa shape index (κ2) is 13.9. The molecule has 0 aromatic carbocycles. The maximum atomic E-state index is 12.0. The van der Waals surface area contributed by atoms with Crippen molar-refractivity contribution in [3.63, 3.8) is 0 Å². The first-order chi connectivity index (χ1) is 18.4. The van der Waals surface area contributed by atoms with Gasteiger partial charge in [-0.3, -0.25) is 9.59 Å². The Morgan fingerprint density at radius 3 is 1.79 bits per heavy atom. The Balaban J connectivity index is 1.83. The molecule has 226 valence electrons. The first-order valence-electron chi connectivity index (χ1n) is 12.4. The molecular weight excluding hydrogens is 532 g/mol. The summed E-state index contributed by atoms with van der Waals surface area (Å²) in [6.45, 7) is 0.115. The van der Waals surface area contributed by atoms with Crippen LogP contribution in [-0.2, 0) is 33.3 Å². The van der Waals surface area contributed by atoms with E-state index in [2.05, 4.69) is 10.6 Å². The fourth-order valence-electron chi connectivity index (χ4n) is 4.81. The minimum absolute atomic E-state index is 0.136. The first kappa shape index (κ1) is 31.9. The summed E-state index contributed by atoms with van der Waals surface area (Å²) in [6.07, 6.45) is -18.3. The lowest BCUT2D eigenvalue weighted by molar-refractivity contribution is -0.356. The van der Waals surface area contributed by atoms with Gasteiger partial charge >= 0.3 is 0 Å². The first-order valence-corrected chi connectivity index (χ1v) is 12.4. The van der Waals surface area contributed by atoms with Gasteiger partial charge in [0.2, 0.25) is 11.8 Å². The van der Waals surface area contributed by atoms with Crippen molar-refractivity contribution in [2.75, 3.05) is 26.4 Å². The molecule has 0 bridgehead atoms. The molecule has 39 heavy (non-hydrogen) atoms. The van der Waals surface area contributed by atoms with E-state index in [4.69, 9.17) is 23.7 Å². The lowest BCUT2D eigenvalue weighted by Gasteiger charge is -2.49. The largest absolute Gasteiger partial charge is 0.394 e. The van der Waals surface area contributed by atoms with E-state index in [0.717, 1.165) is 6.92 Å². The fraction of sp³-hybridized carbons (Fsp3) is 0.909. The summed E-state index contributed by atoms with van der Waals surface area (Å²) in [6, 6.07) is -2.33. The van der Waals surface area contributed by atoms with E-state index < -0.39 is 117 Å². The van der Waals surface area contributed by atoms with Gasteiger partial charge in [0.25, 0.3) is 0 Å². The normalized spacial score (nSPS) is 45.0. The Kier molecular flexibility index (Phi) is 11.4. The molecule has 3 rings (SSSR count). The molecule has 0 radical (unpaired) electrons. The molecule has 0 aliphatic carbocycles. The fourth-order valence-corrected chi connectivity index (χ4v) is 4.81. The van der Waals surface area contributed by atoms with Gasteiger partial charge in [0, 0.05) is 13.8 Å². The minimum atomic E-state index is -1.83. The molecule has 0 spiro atoms. The zero-order chi connectivity index (χ0) is 29.0. The van der Waals surface area contributed by atoms with Crippen molar-refractivity contribution in [2.24, 2.45) is 0 Å². The molecule has 0 aromatic rings. The van der Waals surface area contributed by atoms with E-state index >= 15 is 0 Å². The third-order valence-corrected chi connectivity index (χ3v) is 6.83. The number of hydrogen-bond donors (Lipinski definition) is 10. The number of hydrogen-bond acceptors (Lipinski definition) is 15. The molecule has 0 unspecified atom stereocenters. The zero-order valence-corrected chi connectivity index (χ0v) is 21.3. The van der Waals surface area contributed by atoms with Crippen LogP contribution in [0.25, 0.3) is 0 Å². The van der Waals surface area contributed by atoms with Crippen molar-refractivity contribution >= 4 is 11.8 Å². The Bertz CT molecular complexity index is 820. The van der Waals surface area contributed by atoms with E-state index in [1.165, 1.54) is 6.92 Å². The van der Waals surface area contributed by atoms with Crippen LogP contribution in [0.15, 0.2) is 0 Å². The van der Waals surface area contributed by atoms with E-state index in [-0.39, 0.29) is 6.61 Å². The Hall–Kier alpha value is -1.58. The highest BCUT2D eigenvalue weighted by molar-refractivity contribution is 5.73. The third kappa shape index (κ3) is 7.20. The summed E-state index contributed by atoms with van der Waals surface area (Å²) in [7, 11) is 0. The van der Waals surface area contributed by atoms with Crippen molar-refractivity contribution in [2.45, 2.75) is 99.6 Å². The van der Waals surface area contributed by atoms with Gasteiger partial charge in [-0.2, -0.15) is 0 Å². The van der Waals surface area contributed by atoms with Gasteiger partial charge in [0.05, 0.1) is 32.5 Å². The second-order valence-electron chi connectivity index (χ2n) is 9.69. The van der Waals surface area contributed by atoms with Crippen LogP contribution in [0.5, 0.6) is 0 Å². The Morgan fingerprint density at radius 2 is 1.23 bits per heavy atom. The molecule has 14 atom stereocenters. The van der Waals surface area contributed by atoms with Crippen LogP contribution in [0.2, 0.25) is 0 Å². The van der Waals surface area contributed by atoms with E-state index in [9.17, 15) is 50.4 Å². The Labute approximate surface area is 223 Å². The lowest BCUT2D eigenvalue weighted by atomic mass is 9.94. The highest BCUT2D eigenvalue weighted by Crippen LogP contribution is 2.31. The summed E-state index contributed by atoms with van der Waals surface area (Å²) in [5.74, 6) is -1.10. The van der Waals surface area contributed by atoms with E-state index in [1.54, 1.807) is 0 Å². The van der Waals surface area contributed by atoms with Crippen LogP contribution in [0, 0.1) is 0 Å². The maximum absolute atomic E-state index is 12.0. The Morgan fingerprint density at radius 1 is 0.692 bits per heavy atom. The van der Waals surface area contributed by atoms with Crippen LogP contribution in [0.4, 0.5) is 0 Å². The molecule has 0 saturated carbocycles. The van der Waals surface area contributed by atoms with Gasteiger partial charge in [0.15, 0.2) is 12.6 Å². The number of rotatable bonds is 9. The van der Waals surface area contributed by atoms with Crippen molar-refractivity contribution in [3.05, 3.63) is 0 Å². The van der Waals surface area contributed by atoms with Gasteiger partial charge in [-0.05, 0) is 0 Å². The second-order valence-corrected chi connectivity index (χ2v) is 9.69. The number of nitrogens with one attached hydrogen (secondary N) is 2. The molecule has 17 nitrogen and oxygen atoms in total. The summed E-state index contributed by atoms with van der Waals surface area (Å²) < 4.78 is 28.1. The lowest BCUT2D eigenvalue weighted by Crippen LogP contribution is -2.69. The molecule has 10 N–H and O–H groups in total. The molecule has 17 heteroatoms. The maximum Gasteiger partial charge on any atom is 0.217 e. The third-order valence-electron chi connectivity index (χ3n) is 6.83. The molecule has 3 fully saturated rings. The smallest absolute Gasteiger partial charge is 0.217 e. The van der Waals surface area contributed by atoms with Gasteiger partial charge in [-0.15, -0.1) is 0 Å². The highest BCUT2D eigenvalue weighted by Gasteiger charge is 2.53. The van der Waals surface area contributed by atoms with Crippen molar-refractivity contribution in [1.29, 1.82) is 0 Å². The molecule has 2 amide bonds. The zero-order valence-electron chi connectivity index (χ0n) is 21.3. The number of ether oxygens (including phenoxy) is 5. The average Bonchev–Trinajstić information content (AvgIpc) is 2.89. The quantitative estimate of drug-likeness (QED) is 0.123. The summed E-state index contributed by atoms with van der Waals surface area (Å²) in [5.41, 5.74) is 0. The summed E-state index contributed by atoms with van der Waals surface area (Å²) in [4.78, 5) is 23.5. The topological polar surface area (TPSA) is 266 Å². The molecule has 3 aliphatic heterocycles. The molecule has 3 heterocycles. The van der Waals surface area contributed by atoms with Crippen LogP contribution < -0.4 is 10.6 Å². The van der Waals surface area contributed by atoms with Gasteiger partial charge in [-0.1, -0.05) is 0 Å². The van der Waals surface area contributed by atoms with Crippen molar-refractivity contribution in [1.82, 2.24) is 10.6 Å². The number of carbonyl (C=O) groups is 2. The van der Waals surface area contributed by atoms with Crippen LogP contribution in [0.1, 0.15) is 13.8 Å². The standard InChI is InChI=1S/C22H38N2O15/c1-7(28)23-9-6-35-11(4-26)19(14(9)30)38-21-13(24-8(2)29)16(32)20(12(5-27)37-21)39-22-18(34)17(33)15(31)10(3-25)36-22/h9-22,25-27,30-34H,3-6H2,1-2H3,(H,23,28)(H,24,29)/t9-,10+,11+,12+,13+,14+,15+,16+,17-,18-,19+,20+,21+,22+/m0/s1. The number of aliphatic hydroxyl groups is 8. The minimum Gasteiger partial charge on any atom is -0.394 e.